The molecule has 25 heavy (non-hydrogen) atoms. The summed E-state index contributed by atoms with van der Waals surface area (Å²) < 4.78 is 41.4. The quantitative estimate of drug-likeness (QED) is 0.735. The second kappa shape index (κ2) is 7.43. The summed E-state index contributed by atoms with van der Waals surface area (Å²) in [6, 6.07) is 4.72. The van der Waals surface area contributed by atoms with Gasteiger partial charge in [-0.15, -0.1) is 8.78 Å². The van der Waals surface area contributed by atoms with Crippen molar-refractivity contribution in [3.63, 3.8) is 0 Å². The maximum atomic E-state index is 13.5. The Hall–Kier alpha value is -1.44. The zero-order valence-electron chi connectivity index (χ0n) is 14.4. The van der Waals surface area contributed by atoms with Crippen LogP contribution in [0.15, 0.2) is 18.2 Å². The Morgan fingerprint density at radius 1 is 1.36 bits per heavy atom. The first-order valence-electron chi connectivity index (χ1n) is 8.77. The number of alkyl halides is 2. The number of methoxy groups -OCH3 is 1. The van der Waals surface area contributed by atoms with Crippen molar-refractivity contribution in [2.75, 3.05) is 26.8 Å². The number of halogens is 2. The molecule has 1 saturated heterocycles. The lowest BCUT2D eigenvalue weighted by Crippen LogP contribution is -2.44. The molecular formula is C18H25F2NO4. The van der Waals surface area contributed by atoms with E-state index < -0.39 is 11.9 Å². The van der Waals surface area contributed by atoms with E-state index in [0.29, 0.717) is 25.1 Å². The highest BCUT2D eigenvalue weighted by Gasteiger charge is 2.49. The monoisotopic (exact) mass is 357 g/mol. The normalized spacial score (nSPS) is 24.1. The fourth-order valence-electron chi connectivity index (χ4n) is 3.77. The molecule has 0 saturated carbocycles. The molecule has 2 N–H and O–H groups in total. The van der Waals surface area contributed by atoms with E-state index in [1.165, 1.54) is 6.07 Å². The molecular weight excluding hydrogens is 332 g/mol. The third-order valence-electron chi connectivity index (χ3n) is 5.02. The lowest BCUT2D eigenvalue weighted by Gasteiger charge is -2.39. The van der Waals surface area contributed by atoms with Crippen molar-refractivity contribution in [2.24, 2.45) is 5.92 Å². The average Bonchev–Trinajstić information content (AvgIpc) is 2.93. The maximum absolute atomic E-state index is 13.5. The van der Waals surface area contributed by atoms with E-state index in [-0.39, 0.29) is 17.4 Å². The molecule has 0 aliphatic carbocycles. The first kappa shape index (κ1) is 18.4. The minimum Gasteiger partial charge on any atom is -0.395 e. The molecule has 2 aliphatic rings. The summed E-state index contributed by atoms with van der Waals surface area (Å²) in [5.41, 5.74) is -0.871. The lowest BCUT2D eigenvalue weighted by molar-refractivity contribution is -0.287. The van der Waals surface area contributed by atoms with Gasteiger partial charge in [0.2, 0.25) is 0 Å². The SMILES string of the molecule is COCCCC[C@@](O)(c1cccc2c1OC(F)(F)O2)C1CCCNC1. The summed E-state index contributed by atoms with van der Waals surface area (Å²) in [6.07, 6.45) is 0.0415. The molecule has 0 spiro atoms. The van der Waals surface area contributed by atoms with Crippen LogP contribution in [-0.4, -0.2) is 38.2 Å². The number of nitrogens with one attached hydrogen (secondary N) is 1. The predicted octanol–water partition coefficient (Wildman–Crippen LogP) is 3.01. The Balaban J connectivity index is 1.91. The third kappa shape index (κ3) is 3.88. The molecule has 2 atom stereocenters. The highest BCUT2D eigenvalue weighted by molar-refractivity contribution is 5.51. The minimum absolute atomic E-state index is 0.0263. The number of unbranched alkanes of at least 4 members (excludes halogenated alkanes) is 1. The van der Waals surface area contributed by atoms with Crippen molar-refractivity contribution in [1.82, 2.24) is 5.32 Å². The van der Waals surface area contributed by atoms with E-state index in [2.05, 4.69) is 10.1 Å². The molecule has 0 radical (unpaired) electrons. The number of benzene rings is 1. The van der Waals surface area contributed by atoms with Crippen molar-refractivity contribution in [1.29, 1.82) is 0 Å². The highest BCUT2D eigenvalue weighted by Crippen LogP contribution is 2.50. The molecule has 1 fully saturated rings. The van der Waals surface area contributed by atoms with Crippen LogP contribution in [0.5, 0.6) is 11.5 Å². The predicted molar refractivity (Wildman–Crippen MR) is 87.9 cm³/mol. The average molecular weight is 357 g/mol. The molecule has 1 aromatic rings. The highest BCUT2D eigenvalue weighted by atomic mass is 19.3. The van der Waals surface area contributed by atoms with Crippen molar-refractivity contribution >= 4 is 0 Å². The van der Waals surface area contributed by atoms with E-state index in [4.69, 9.17) is 9.47 Å². The van der Waals surface area contributed by atoms with Gasteiger partial charge in [-0.3, -0.25) is 0 Å². The molecule has 0 aromatic heterocycles. The van der Waals surface area contributed by atoms with Crippen LogP contribution < -0.4 is 14.8 Å². The number of rotatable bonds is 7. The molecule has 1 unspecified atom stereocenters. The van der Waals surface area contributed by atoms with Gasteiger partial charge in [0, 0.05) is 31.7 Å². The summed E-state index contributed by atoms with van der Waals surface area (Å²) >= 11 is 0. The number of ether oxygens (including phenoxy) is 3. The van der Waals surface area contributed by atoms with Gasteiger partial charge in [0.15, 0.2) is 11.5 Å². The summed E-state index contributed by atoms with van der Waals surface area (Å²) in [7, 11) is 1.63. The number of piperidine rings is 1. The summed E-state index contributed by atoms with van der Waals surface area (Å²) in [4.78, 5) is 0. The van der Waals surface area contributed by atoms with Crippen LogP contribution >= 0.6 is 0 Å². The van der Waals surface area contributed by atoms with Crippen LogP contribution in [0, 0.1) is 5.92 Å². The number of hydrogen-bond acceptors (Lipinski definition) is 5. The number of aliphatic hydroxyl groups is 1. The van der Waals surface area contributed by atoms with Crippen LogP contribution in [0.4, 0.5) is 8.78 Å². The largest absolute Gasteiger partial charge is 0.586 e. The number of para-hydroxylation sites is 1. The van der Waals surface area contributed by atoms with Gasteiger partial charge in [-0.1, -0.05) is 12.1 Å². The summed E-state index contributed by atoms with van der Waals surface area (Å²) in [5, 5.41) is 14.9. The summed E-state index contributed by atoms with van der Waals surface area (Å²) in [5.74, 6) is -0.151. The van der Waals surface area contributed by atoms with Crippen LogP contribution in [0.1, 0.15) is 37.7 Å². The molecule has 0 amide bonds. The van der Waals surface area contributed by atoms with Gasteiger partial charge >= 0.3 is 6.29 Å². The van der Waals surface area contributed by atoms with Crippen LogP contribution in [-0.2, 0) is 10.3 Å². The number of hydrogen-bond donors (Lipinski definition) is 2. The van der Waals surface area contributed by atoms with Crippen molar-refractivity contribution in [3.8, 4) is 11.5 Å². The van der Waals surface area contributed by atoms with E-state index >= 15 is 0 Å². The fraction of sp³-hybridized carbons (Fsp3) is 0.667. The second-order valence-electron chi connectivity index (χ2n) is 6.72. The maximum Gasteiger partial charge on any atom is 0.586 e. The first-order valence-corrected chi connectivity index (χ1v) is 8.77. The van der Waals surface area contributed by atoms with Gasteiger partial charge < -0.3 is 24.6 Å². The molecule has 2 heterocycles. The van der Waals surface area contributed by atoms with Gasteiger partial charge in [-0.05, 0) is 44.7 Å². The minimum atomic E-state index is -3.69. The second-order valence-corrected chi connectivity index (χ2v) is 6.72. The first-order chi connectivity index (χ1) is 12.0. The standard InChI is InChI=1S/C18H25F2NO4/c1-23-11-3-2-9-17(22,13-6-5-10-21-12-13)14-7-4-8-15-16(14)25-18(19,20)24-15/h4,7-8,13,21-22H,2-3,5-6,9-12H2,1H3/t13?,17-/m0/s1. The van der Waals surface area contributed by atoms with Gasteiger partial charge in [0.05, 0.1) is 5.60 Å². The fourth-order valence-corrected chi connectivity index (χ4v) is 3.77. The third-order valence-corrected chi connectivity index (χ3v) is 5.02. The van der Waals surface area contributed by atoms with Crippen molar-refractivity contribution < 1.29 is 28.1 Å². The van der Waals surface area contributed by atoms with E-state index in [9.17, 15) is 13.9 Å². The molecule has 2 aliphatic heterocycles. The molecule has 140 valence electrons. The Morgan fingerprint density at radius 2 is 2.20 bits per heavy atom. The van der Waals surface area contributed by atoms with E-state index in [1.54, 1.807) is 19.2 Å². The number of fused-ring (bicyclic) bond motifs is 1. The molecule has 0 bridgehead atoms. The Kier molecular flexibility index (Phi) is 5.46. The smallest absolute Gasteiger partial charge is 0.395 e. The van der Waals surface area contributed by atoms with Crippen LogP contribution in [0.2, 0.25) is 0 Å². The summed E-state index contributed by atoms with van der Waals surface area (Å²) in [6.45, 7) is 2.14. The molecule has 1 aromatic carbocycles. The Labute approximate surface area is 146 Å². The van der Waals surface area contributed by atoms with Gasteiger partial charge in [0.1, 0.15) is 0 Å². The van der Waals surface area contributed by atoms with Gasteiger partial charge in [0.25, 0.3) is 0 Å². The lowest BCUT2D eigenvalue weighted by atomic mass is 9.74. The van der Waals surface area contributed by atoms with E-state index in [1.807, 2.05) is 0 Å². The van der Waals surface area contributed by atoms with Crippen LogP contribution in [0.3, 0.4) is 0 Å². The molecule has 3 rings (SSSR count). The Morgan fingerprint density at radius 3 is 2.92 bits per heavy atom. The van der Waals surface area contributed by atoms with Crippen molar-refractivity contribution in [3.05, 3.63) is 23.8 Å². The van der Waals surface area contributed by atoms with Crippen LogP contribution in [0.25, 0.3) is 0 Å². The molecule has 7 heteroatoms. The van der Waals surface area contributed by atoms with Gasteiger partial charge in [-0.25, -0.2) is 0 Å². The van der Waals surface area contributed by atoms with Gasteiger partial charge in [-0.2, -0.15) is 0 Å². The van der Waals surface area contributed by atoms with E-state index in [0.717, 1.165) is 32.2 Å². The molecule has 5 nitrogen and oxygen atoms in total. The topological polar surface area (TPSA) is 60.0 Å². The van der Waals surface area contributed by atoms with Crippen molar-refractivity contribution in [2.45, 2.75) is 44.0 Å². The Bertz CT molecular complexity index is 592. The zero-order valence-corrected chi connectivity index (χ0v) is 14.4. The zero-order chi connectivity index (χ0) is 17.9.